The summed E-state index contributed by atoms with van der Waals surface area (Å²) in [6.45, 7) is 0. The summed E-state index contributed by atoms with van der Waals surface area (Å²) in [7, 11) is 0. The highest BCUT2D eigenvalue weighted by molar-refractivity contribution is 6.12. The van der Waals surface area contributed by atoms with Gasteiger partial charge in [0.1, 0.15) is 0 Å². The quantitative estimate of drug-likeness (QED) is 0.176. The molecule has 0 saturated carbocycles. The van der Waals surface area contributed by atoms with Crippen molar-refractivity contribution < 1.29 is 0 Å². The standard InChI is InChI=1S/C49H27N7/c50-28-31-9-7-11-33(23-31)43-27-44(54-49(53-43)34-12-8-10-32(24-34)29-51)38-21-19-36(25-35(38)30-52)55-47-18-6-3-15-41(47)42-26-37(20-22-48(42)55)56-45-16-4-1-13-39(45)40-14-2-5-17-46(40)56/h1-27H. The van der Waals surface area contributed by atoms with Crippen LogP contribution in [0.2, 0.25) is 0 Å². The van der Waals surface area contributed by atoms with E-state index in [1.54, 1.807) is 30.3 Å². The predicted octanol–water partition coefficient (Wildman–Crippen LogP) is 11.3. The molecule has 7 nitrogen and oxygen atoms in total. The van der Waals surface area contributed by atoms with Crippen molar-refractivity contribution in [2.45, 2.75) is 0 Å². The second-order valence-electron chi connectivity index (χ2n) is 13.6. The summed E-state index contributed by atoms with van der Waals surface area (Å²) < 4.78 is 4.54. The number of benzene rings is 7. The molecule has 0 aliphatic heterocycles. The number of nitrogens with zero attached hydrogens (tertiary/aromatic N) is 7. The number of hydrogen-bond donors (Lipinski definition) is 0. The Morgan fingerprint density at radius 2 is 0.911 bits per heavy atom. The smallest absolute Gasteiger partial charge is 0.160 e. The van der Waals surface area contributed by atoms with Crippen molar-refractivity contribution in [2.75, 3.05) is 0 Å². The normalized spacial score (nSPS) is 11.2. The van der Waals surface area contributed by atoms with Gasteiger partial charge >= 0.3 is 0 Å². The van der Waals surface area contributed by atoms with Crippen LogP contribution in [-0.2, 0) is 0 Å². The van der Waals surface area contributed by atoms with Crippen LogP contribution in [-0.4, -0.2) is 19.1 Å². The van der Waals surface area contributed by atoms with Gasteiger partial charge in [0.2, 0.25) is 0 Å². The zero-order valence-corrected chi connectivity index (χ0v) is 29.7. The van der Waals surface area contributed by atoms with E-state index in [1.807, 2.05) is 48.5 Å². The van der Waals surface area contributed by atoms with E-state index in [2.05, 4.69) is 112 Å². The van der Waals surface area contributed by atoms with Crippen LogP contribution < -0.4 is 0 Å². The van der Waals surface area contributed by atoms with Crippen LogP contribution in [0.4, 0.5) is 0 Å². The van der Waals surface area contributed by atoms with E-state index in [0.29, 0.717) is 45.0 Å². The molecule has 0 saturated heterocycles. The van der Waals surface area contributed by atoms with Gasteiger partial charge in [-0.2, -0.15) is 15.8 Å². The molecule has 0 atom stereocenters. The lowest BCUT2D eigenvalue weighted by Gasteiger charge is -2.13. The molecule has 0 radical (unpaired) electrons. The first kappa shape index (κ1) is 32.3. The van der Waals surface area contributed by atoms with Gasteiger partial charge in [0.25, 0.3) is 0 Å². The first-order valence-corrected chi connectivity index (χ1v) is 18.1. The van der Waals surface area contributed by atoms with Gasteiger partial charge < -0.3 is 9.13 Å². The molecule has 0 bridgehead atoms. The summed E-state index contributed by atoms with van der Waals surface area (Å²) in [6, 6.07) is 60.9. The van der Waals surface area contributed by atoms with Gasteiger partial charge in [-0.15, -0.1) is 0 Å². The van der Waals surface area contributed by atoms with E-state index in [1.165, 1.54) is 10.8 Å². The van der Waals surface area contributed by atoms with Crippen molar-refractivity contribution in [3.05, 3.63) is 180 Å². The summed E-state index contributed by atoms with van der Waals surface area (Å²) >= 11 is 0. The zero-order valence-electron chi connectivity index (χ0n) is 29.7. The molecule has 0 fully saturated rings. The lowest BCUT2D eigenvalue weighted by atomic mass is 10.0. The molecular weight excluding hydrogens is 687 g/mol. The maximum Gasteiger partial charge on any atom is 0.160 e. The highest BCUT2D eigenvalue weighted by Gasteiger charge is 2.19. The summed E-state index contributed by atoms with van der Waals surface area (Å²) in [5.74, 6) is 0.409. The fourth-order valence-electron chi connectivity index (χ4n) is 7.90. The molecule has 0 spiro atoms. The second kappa shape index (κ2) is 13.0. The van der Waals surface area contributed by atoms with Crippen molar-refractivity contribution >= 4 is 43.6 Å². The Labute approximate surface area is 321 Å². The summed E-state index contributed by atoms with van der Waals surface area (Å²) in [4.78, 5) is 9.82. The minimum atomic E-state index is 0.409. The fourth-order valence-corrected chi connectivity index (χ4v) is 7.90. The Bertz CT molecular complexity index is 3240. The average molecular weight is 714 g/mol. The monoisotopic (exact) mass is 713 g/mol. The number of aromatic nitrogens is 4. The maximum atomic E-state index is 10.7. The van der Waals surface area contributed by atoms with E-state index in [0.717, 1.165) is 49.8 Å². The van der Waals surface area contributed by atoms with Gasteiger partial charge in [0, 0.05) is 49.6 Å². The average Bonchev–Trinajstić information content (AvgIpc) is 3.78. The molecule has 3 aromatic heterocycles. The topological polar surface area (TPSA) is 107 Å². The van der Waals surface area contributed by atoms with Crippen molar-refractivity contribution in [1.82, 2.24) is 19.1 Å². The van der Waals surface area contributed by atoms with E-state index in [-0.39, 0.29) is 0 Å². The maximum absolute atomic E-state index is 10.7. The number of para-hydroxylation sites is 3. The van der Waals surface area contributed by atoms with Crippen molar-refractivity contribution in [2.24, 2.45) is 0 Å². The largest absolute Gasteiger partial charge is 0.309 e. The van der Waals surface area contributed by atoms with Crippen molar-refractivity contribution in [3.63, 3.8) is 0 Å². The van der Waals surface area contributed by atoms with Crippen LogP contribution in [0.15, 0.2) is 164 Å². The third-order valence-corrected chi connectivity index (χ3v) is 10.4. The molecular formula is C49H27N7. The summed E-state index contributed by atoms with van der Waals surface area (Å²) in [5, 5.41) is 34.5. The molecule has 258 valence electrons. The Morgan fingerprint density at radius 3 is 1.54 bits per heavy atom. The van der Waals surface area contributed by atoms with Crippen molar-refractivity contribution in [3.8, 4) is 63.5 Å². The molecule has 0 N–H and O–H groups in total. The molecule has 0 amide bonds. The van der Waals surface area contributed by atoms with E-state index >= 15 is 0 Å². The predicted molar refractivity (Wildman–Crippen MR) is 221 cm³/mol. The van der Waals surface area contributed by atoms with Crippen LogP contribution in [0.5, 0.6) is 0 Å². The lowest BCUT2D eigenvalue weighted by Crippen LogP contribution is -2.00. The van der Waals surface area contributed by atoms with Crippen LogP contribution in [0.1, 0.15) is 16.7 Å². The van der Waals surface area contributed by atoms with Gasteiger partial charge in [-0.05, 0) is 84.9 Å². The van der Waals surface area contributed by atoms with Crippen molar-refractivity contribution in [1.29, 1.82) is 15.8 Å². The molecule has 7 heteroatoms. The Balaban J connectivity index is 1.14. The van der Waals surface area contributed by atoms with Crippen LogP contribution in [0.25, 0.3) is 88.9 Å². The molecule has 7 aromatic carbocycles. The van der Waals surface area contributed by atoms with Gasteiger partial charge in [-0.25, -0.2) is 9.97 Å². The first-order chi connectivity index (χ1) is 27.6. The first-order valence-electron chi connectivity index (χ1n) is 18.1. The number of fused-ring (bicyclic) bond motifs is 6. The van der Waals surface area contributed by atoms with Crippen LogP contribution in [0, 0.1) is 34.0 Å². The fraction of sp³-hybridized carbons (Fsp3) is 0. The van der Waals surface area contributed by atoms with E-state index in [9.17, 15) is 15.8 Å². The second-order valence-corrected chi connectivity index (χ2v) is 13.6. The molecule has 3 heterocycles. The number of hydrogen-bond acceptors (Lipinski definition) is 5. The molecule has 0 aliphatic carbocycles. The van der Waals surface area contributed by atoms with Gasteiger partial charge in [0.05, 0.1) is 68.4 Å². The molecule has 10 rings (SSSR count). The third-order valence-electron chi connectivity index (χ3n) is 10.4. The molecule has 10 aromatic rings. The van der Waals surface area contributed by atoms with E-state index in [4.69, 9.17) is 9.97 Å². The Kier molecular flexibility index (Phi) is 7.49. The van der Waals surface area contributed by atoms with Crippen LogP contribution in [0.3, 0.4) is 0 Å². The highest BCUT2D eigenvalue weighted by atomic mass is 15.0. The van der Waals surface area contributed by atoms with Gasteiger partial charge in [-0.3, -0.25) is 0 Å². The summed E-state index contributed by atoms with van der Waals surface area (Å²) in [6.07, 6.45) is 0. The molecule has 0 aliphatic rings. The number of nitriles is 3. The zero-order chi connectivity index (χ0) is 37.8. The Hall–Kier alpha value is -8.31. The van der Waals surface area contributed by atoms with E-state index < -0.39 is 0 Å². The van der Waals surface area contributed by atoms with Gasteiger partial charge in [-0.1, -0.05) is 78.9 Å². The number of rotatable bonds is 5. The SMILES string of the molecule is N#Cc1cccc(-c2cc(-c3ccc(-n4c5ccccc5c5cc(-n6c7ccccc7c7ccccc76)ccc54)cc3C#N)nc(-c3cccc(C#N)c3)n2)c1. The van der Waals surface area contributed by atoms with Gasteiger partial charge in [0.15, 0.2) is 5.82 Å². The van der Waals surface area contributed by atoms with Crippen LogP contribution >= 0.6 is 0 Å². The molecule has 0 unspecified atom stereocenters. The summed E-state index contributed by atoms with van der Waals surface area (Å²) in [5.41, 5.74) is 10.9. The minimum Gasteiger partial charge on any atom is -0.309 e. The minimum absolute atomic E-state index is 0.409. The Morgan fingerprint density at radius 1 is 0.393 bits per heavy atom. The highest BCUT2D eigenvalue weighted by Crippen LogP contribution is 2.38. The third kappa shape index (κ3) is 5.18. The lowest BCUT2D eigenvalue weighted by molar-refractivity contribution is 1.16. The molecule has 56 heavy (non-hydrogen) atoms.